The highest BCUT2D eigenvalue weighted by molar-refractivity contribution is 5.39. The van der Waals surface area contributed by atoms with Crippen LogP contribution in [0.2, 0.25) is 0 Å². The monoisotopic (exact) mass is 195 g/mol. The van der Waals surface area contributed by atoms with Crippen LogP contribution in [0.5, 0.6) is 5.75 Å². The van der Waals surface area contributed by atoms with Crippen molar-refractivity contribution in [1.82, 2.24) is 0 Å². The van der Waals surface area contributed by atoms with Crippen LogP contribution >= 0.6 is 0 Å². The van der Waals surface area contributed by atoms with E-state index in [9.17, 15) is 4.39 Å². The van der Waals surface area contributed by atoms with E-state index in [-0.39, 0.29) is 17.8 Å². The molecule has 2 N–H and O–H groups in total. The minimum absolute atomic E-state index is 0.0490. The molecule has 1 aromatic rings. The van der Waals surface area contributed by atoms with Crippen LogP contribution in [0, 0.1) is 5.82 Å². The Balaban J connectivity index is 2.45. The molecular weight excluding hydrogens is 181 g/mol. The Morgan fingerprint density at radius 2 is 2.36 bits per heavy atom. The van der Waals surface area contributed by atoms with Gasteiger partial charge in [-0.25, -0.2) is 4.39 Å². The van der Waals surface area contributed by atoms with Crippen molar-refractivity contribution in [2.24, 2.45) is 5.73 Å². The SMILES string of the molecule is CC1CC(CN)c2cccc(F)c2O1. The van der Waals surface area contributed by atoms with E-state index in [0.29, 0.717) is 12.3 Å². The first-order chi connectivity index (χ1) is 6.72. The molecule has 0 radical (unpaired) electrons. The van der Waals surface area contributed by atoms with E-state index in [4.69, 9.17) is 10.5 Å². The average Bonchev–Trinajstić information content (AvgIpc) is 2.18. The van der Waals surface area contributed by atoms with Gasteiger partial charge in [0.25, 0.3) is 0 Å². The molecule has 0 saturated heterocycles. The van der Waals surface area contributed by atoms with Crippen molar-refractivity contribution in [1.29, 1.82) is 0 Å². The van der Waals surface area contributed by atoms with Crippen LogP contribution < -0.4 is 10.5 Å². The average molecular weight is 195 g/mol. The lowest BCUT2D eigenvalue weighted by Crippen LogP contribution is -2.27. The van der Waals surface area contributed by atoms with Crippen molar-refractivity contribution in [3.8, 4) is 5.75 Å². The third-order valence-corrected chi connectivity index (χ3v) is 2.66. The van der Waals surface area contributed by atoms with Crippen molar-refractivity contribution in [3.63, 3.8) is 0 Å². The summed E-state index contributed by atoms with van der Waals surface area (Å²) in [5.41, 5.74) is 6.56. The molecule has 1 heterocycles. The van der Waals surface area contributed by atoms with Gasteiger partial charge in [0.15, 0.2) is 11.6 Å². The first-order valence-corrected chi connectivity index (χ1v) is 4.87. The van der Waals surface area contributed by atoms with Crippen molar-refractivity contribution < 1.29 is 9.13 Å². The fraction of sp³-hybridized carbons (Fsp3) is 0.455. The fourth-order valence-electron chi connectivity index (χ4n) is 1.97. The summed E-state index contributed by atoms with van der Waals surface area (Å²) in [6.07, 6.45) is 0.917. The van der Waals surface area contributed by atoms with E-state index < -0.39 is 0 Å². The molecule has 0 amide bonds. The Kier molecular flexibility index (Phi) is 2.42. The molecule has 0 aromatic heterocycles. The molecule has 14 heavy (non-hydrogen) atoms. The van der Waals surface area contributed by atoms with Crippen molar-refractivity contribution >= 4 is 0 Å². The predicted molar refractivity (Wildman–Crippen MR) is 52.9 cm³/mol. The van der Waals surface area contributed by atoms with E-state index >= 15 is 0 Å². The Morgan fingerprint density at radius 3 is 3.07 bits per heavy atom. The Morgan fingerprint density at radius 1 is 1.57 bits per heavy atom. The van der Waals surface area contributed by atoms with Crippen molar-refractivity contribution in [2.45, 2.75) is 25.4 Å². The van der Waals surface area contributed by atoms with Gasteiger partial charge < -0.3 is 10.5 Å². The molecule has 0 spiro atoms. The summed E-state index contributed by atoms with van der Waals surface area (Å²) in [5, 5.41) is 0. The molecule has 0 saturated carbocycles. The zero-order chi connectivity index (χ0) is 10.1. The number of halogens is 1. The van der Waals surface area contributed by atoms with Gasteiger partial charge >= 0.3 is 0 Å². The van der Waals surface area contributed by atoms with Gasteiger partial charge in [0.2, 0.25) is 0 Å². The number of nitrogens with two attached hydrogens (primary N) is 1. The highest BCUT2D eigenvalue weighted by Gasteiger charge is 2.26. The van der Waals surface area contributed by atoms with Gasteiger partial charge in [0.1, 0.15) is 0 Å². The third-order valence-electron chi connectivity index (χ3n) is 2.66. The van der Waals surface area contributed by atoms with Crippen molar-refractivity contribution in [3.05, 3.63) is 29.6 Å². The van der Waals surface area contributed by atoms with E-state index in [1.165, 1.54) is 6.07 Å². The lowest BCUT2D eigenvalue weighted by molar-refractivity contribution is 0.168. The summed E-state index contributed by atoms with van der Waals surface area (Å²) in [6.45, 7) is 2.49. The molecule has 2 atom stereocenters. The zero-order valence-electron chi connectivity index (χ0n) is 8.16. The van der Waals surface area contributed by atoms with Crippen LogP contribution in [0.1, 0.15) is 24.8 Å². The third kappa shape index (κ3) is 1.48. The van der Waals surface area contributed by atoms with Gasteiger partial charge in [-0.1, -0.05) is 12.1 Å². The first kappa shape index (κ1) is 9.46. The smallest absolute Gasteiger partial charge is 0.165 e. The predicted octanol–water partition coefficient (Wildman–Crippen LogP) is 2.04. The van der Waals surface area contributed by atoms with Gasteiger partial charge in [0.05, 0.1) is 6.10 Å². The minimum atomic E-state index is -0.285. The molecule has 1 aliphatic heterocycles. The molecular formula is C11H14FNO. The van der Waals surface area contributed by atoms with Crippen molar-refractivity contribution in [2.75, 3.05) is 6.54 Å². The molecule has 0 aliphatic carbocycles. The summed E-state index contributed by atoms with van der Waals surface area (Å²) in [5.74, 6) is 0.332. The van der Waals surface area contributed by atoms with Gasteiger partial charge in [-0.15, -0.1) is 0 Å². The molecule has 2 rings (SSSR count). The fourth-order valence-corrected chi connectivity index (χ4v) is 1.97. The van der Waals surface area contributed by atoms with Crippen LogP contribution in [0.25, 0.3) is 0 Å². The van der Waals surface area contributed by atoms with Crippen LogP contribution in [-0.2, 0) is 0 Å². The van der Waals surface area contributed by atoms with Gasteiger partial charge in [0, 0.05) is 11.5 Å². The molecule has 0 fully saturated rings. The van der Waals surface area contributed by atoms with Crippen LogP contribution in [0.3, 0.4) is 0 Å². The van der Waals surface area contributed by atoms with Crippen LogP contribution in [0.4, 0.5) is 4.39 Å². The maximum atomic E-state index is 13.4. The van der Waals surface area contributed by atoms with Crippen LogP contribution in [-0.4, -0.2) is 12.6 Å². The summed E-state index contributed by atoms with van der Waals surface area (Å²) < 4.78 is 18.9. The van der Waals surface area contributed by atoms with E-state index in [2.05, 4.69) is 0 Å². The second-order valence-electron chi connectivity index (χ2n) is 3.75. The maximum absolute atomic E-state index is 13.4. The van der Waals surface area contributed by atoms with Gasteiger partial charge in [-0.05, 0) is 26.0 Å². The largest absolute Gasteiger partial charge is 0.487 e. The Bertz CT molecular complexity index is 340. The molecule has 0 bridgehead atoms. The summed E-state index contributed by atoms with van der Waals surface area (Å²) in [4.78, 5) is 0. The van der Waals surface area contributed by atoms with Gasteiger partial charge in [-0.2, -0.15) is 0 Å². The number of fused-ring (bicyclic) bond motifs is 1. The standard InChI is InChI=1S/C11H14FNO/c1-7-5-8(6-13)9-3-2-4-10(12)11(9)14-7/h2-4,7-8H,5-6,13H2,1H3. The number of para-hydroxylation sites is 1. The highest BCUT2D eigenvalue weighted by atomic mass is 19.1. The Hall–Kier alpha value is -1.09. The number of hydrogen-bond donors (Lipinski definition) is 1. The first-order valence-electron chi connectivity index (χ1n) is 4.87. The Labute approximate surface area is 82.9 Å². The summed E-state index contributed by atoms with van der Waals surface area (Å²) in [7, 11) is 0. The molecule has 2 unspecified atom stereocenters. The normalized spacial score (nSPS) is 25.4. The molecule has 2 nitrogen and oxygen atoms in total. The molecule has 1 aromatic carbocycles. The zero-order valence-corrected chi connectivity index (χ0v) is 8.16. The van der Waals surface area contributed by atoms with E-state index in [0.717, 1.165) is 12.0 Å². The quantitative estimate of drug-likeness (QED) is 0.744. The lowest BCUT2D eigenvalue weighted by Gasteiger charge is -2.29. The number of hydrogen-bond acceptors (Lipinski definition) is 2. The second-order valence-corrected chi connectivity index (χ2v) is 3.75. The summed E-state index contributed by atoms with van der Waals surface area (Å²) in [6, 6.07) is 5.02. The molecule has 3 heteroatoms. The highest BCUT2D eigenvalue weighted by Crippen LogP contribution is 2.37. The van der Waals surface area contributed by atoms with Gasteiger partial charge in [-0.3, -0.25) is 0 Å². The minimum Gasteiger partial charge on any atom is -0.487 e. The number of rotatable bonds is 1. The van der Waals surface area contributed by atoms with Crippen LogP contribution in [0.15, 0.2) is 18.2 Å². The molecule has 1 aliphatic rings. The number of ether oxygens (including phenoxy) is 1. The topological polar surface area (TPSA) is 35.2 Å². The molecule has 76 valence electrons. The summed E-state index contributed by atoms with van der Waals surface area (Å²) >= 11 is 0. The van der Waals surface area contributed by atoms with E-state index in [1.54, 1.807) is 6.07 Å². The number of benzene rings is 1. The maximum Gasteiger partial charge on any atom is 0.165 e. The van der Waals surface area contributed by atoms with E-state index in [1.807, 2.05) is 13.0 Å². The second kappa shape index (κ2) is 3.58. The lowest BCUT2D eigenvalue weighted by atomic mass is 9.90.